The Hall–Kier alpha value is -1.75. The first-order chi connectivity index (χ1) is 9.41. The van der Waals surface area contributed by atoms with Crippen molar-refractivity contribution in [2.24, 2.45) is 11.7 Å². The lowest BCUT2D eigenvalue weighted by Gasteiger charge is -2.39. The van der Waals surface area contributed by atoms with Crippen molar-refractivity contribution in [3.05, 3.63) is 28.8 Å². The Morgan fingerprint density at radius 2 is 2.15 bits per heavy atom. The van der Waals surface area contributed by atoms with Crippen LogP contribution in [0.15, 0.2) is 18.2 Å². The van der Waals surface area contributed by atoms with Crippen molar-refractivity contribution >= 4 is 29.2 Å². The SMILES string of the molecule is CC1CCCN(c2ccc(Cl)cc2C(N)=O)C1C(=O)O. The molecule has 1 aromatic rings. The summed E-state index contributed by atoms with van der Waals surface area (Å²) in [7, 11) is 0. The molecule has 2 rings (SSSR count). The molecule has 1 saturated heterocycles. The van der Waals surface area contributed by atoms with E-state index < -0.39 is 17.9 Å². The number of carboxylic acids is 1. The van der Waals surface area contributed by atoms with Gasteiger partial charge in [-0.2, -0.15) is 0 Å². The summed E-state index contributed by atoms with van der Waals surface area (Å²) in [6.07, 6.45) is 1.73. The second-order valence-electron chi connectivity index (χ2n) is 5.12. The largest absolute Gasteiger partial charge is 0.480 e. The number of hydrogen-bond acceptors (Lipinski definition) is 3. The van der Waals surface area contributed by atoms with Gasteiger partial charge in [0, 0.05) is 11.6 Å². The van der Waals surface area contributed by atoms with Crippen molar-refractivity contribution < 1.29 is 14.7 Å². The Bertz CT molecular complexity index is 547. The number of carboxylic acid groups (broad SMARTS) is 1. The number of piperidine rings is 1. The van der Waals surface area contributed by atoms with Gasteiger partial charge >= 0.3 is 5.97 Å². The molecule has 1 heterocycles. The average molecular weight is 297 g/mol. The number of benzene rings is 1. The predicted octanol–water partition coefficient (Wildman–Crippen LogP) is 2.13. The van der Waals surface area contributed by atoms with Crippen molar-refractivity contribution in [1.29, 1.82) is 0 Å². The van der Waals surface area contributed by atoms with Gasteiger partial charge in [0.1, 0.15) is 6.04 Å². The van der Waals surface area contributed by atoms with E-state index >= 15 is 0 Å². The number of halogens is 1. The number of carbonyl (C=O) groups is 2. The van der Waals surface area contributed by atoms with Gasteiger partial charge in [0.15, 0.2) is 0 Å². The summed E-state index contributed by atoms with van der Waals surface area (Å²) in [5.74, 6) is -1.48. The maximum Gasteiger partial charge on any atom is 0.326 e. The third kappa shape index (κ3) is 2.72. The number of nitrogens with two attached hydrogens (primary N) is 1. The zero-order valence-electron chi connectivity index (χ0n) is 11.2. The third-order valence-corrected chi connectivity index (χ3v) is 3.95. The minimum Gasteiger partial charge on any atom is -0.480 e. The molecule has 20 heavy (non-hydrogen) atoms. The molecule has 0 aliphatic carbocycles. The molecule has 0 radical (unpaired) electrons. The van der Waals surface area contributed by atoms with Crippen molar-refractivity contribution in [2.45, 2.75) is 25.8 Å². The molecule has 3 N–H and O–H groups in total. The summed E-state index contributed by atoms with van der Waals surface area (Å²) in [4.78, 5) is 24.8. The molecule has 1 aliphatic rings. The predicted molar refractivity (Wildman–Crippen MR) is 77.1 cm³/mol. The van der Waals surface area contributed by atoms with E-state index in [4.69, 9.17) is 17.3 Å². The number of aliphatic carboxylic acids is 1. The van der Waals surface area contributed by atoms with Gasteiger partial charge in [-0.3, -0.25) is 4.79 Å². The highest BCUT2D eigenvalue weighted by molar-refractivity contribution is 6.31. The zero-order chi connectivity index (χ0) is 14.9. The van der Waals surface area contributed by atoms with Crippen molar-refractivity contribution in [3.63, 3.8) is 0 Å². The summed E-state index contributed by atoms with van der Waals surface area (Å²) in [6.45, 7) is 2.49. The summed E-state index contributed by atoms with van der Waals surface area (Å²) in [5.41, 5.74) is 6.18. The van der Waals surface area contributed by atoms with Crippen LogP contribution in [0, 0.1) is 5.92 Å². The molecule has 1 amide bonds. The number of nitrogens with zero attached hydrogens (tertiary/aromatic N) is 1. The Balaban J connectivity index is 2.48. The summed E-state index contributed by atoms with van der Waals surface area (Å²) in [5, 5.41) is 9.84. The molecule has 2 atom stereocenters. The minimum atomic E-state index is -0.887. The van der Waals surface area contributed by atoms with Crippen LogP contribution in [0.3, 0.4) is 0 Å². The molecule has 1 aliphatic heterocycles. The maximum absolute atomic E-state index is 11.6. The van der Waals surface area contributed by atoms with E-state index in [1.54, 1.807) is 17.0 Å². The molecule has 2 unspecified atom stereocenters. The van der Waals surface area contributed by atoms with Crippen LogP contribution in [0.25, 0.3) is 0 Å². The first kappa shape index (κ1) is 14.7. The van der Waals surface area contributed by atoms with Crippen LogP contribution < -0.4 is 10.6 Å². The van der Waals surface area contributed by atoms with Gasteiger partial charge in [0.2, 0.25) is 0 Å². The fourth-order valence-corrected chi connectivity index (χ4v) is 2.96. The fourth-order valence-electron chi connectivity index (χ4n) is 2.79. The van der Waals surface area contributed by atoms with Gasteiger partial charge in [-0.25, -0.2) is 4.79 Å². The molecule has 0 aromatic heterocycles. The smallest absolute Gasteiger partial charge is 0.326 e. The summed E-state index contributed by atoms with van der Waals surface area (Å²) >= 11 is 5.88. The molecule has 0 saturated carbocycles. The van der Waals surface area contributed by atoms with Crippen LogP contribution in [0.2, 0.25) is 5.02 Å². The maximum atomic E-state index is 11.6. The highest BCUT2D eigenvalue weighted by Crippen LogP contribution is 2.32. The molecule has 6 heteroatoms. The van der Waals surface area contributed by atoms with Crippen molar-refractivity contribution in [2.75, 3.05) is 11.4 Å². The van der Waals surface area contributed by atoms with E-state index in [1.165, 1.54) is 6.07 Å². The molecule has 1 fully saturated rings. The Labute approximate surface area is 122 Å². The number of hydrogen-bond donors (Lipinski definition) is 2. The number of carbonyl (C=O) groups excluding carboxylic acids is 1. The van der Waals surface area contributed by atoms with E-state index in [-0.39, 0.29) is 11.5 Å². The van der Waals surface area contributed by atoms with Crippen LogP contribution in [-0.2, 0) is 4.79 Å². The van der Waals surface area contributed by atoms with E-state index in [0.717, 1.165) is 12.8 Å². The Morgan fingerprint density at radius 1 is 1.45 bits per heavy atom. The van der Waals surface area contributed by atoms with Gasteiger partial charge in [-0.15, -0.1) is 0 Å². The highest BCUT2D eigenvalue weighted by Gasteiger charge is 2.35. The normalized spacial score (nSPS) is 22.6. The van der Waals surface area contributed by atoms with E-state index in [1.807, 2.05) is 6.92 Å². The first-order valence-electron chi connectivity index (χ1n) is 6.50. The van der Waals surface area contributed by atoms with Gasteiger partial charge in [-0.1, -0.05) is 18.5 Å². The van der Waals surface area contributed by atoms with Crippen LogP contribution in [0.1, 0.15) is 30.1 Å². The molecule has 1 aromatic carbocycles. The lowest BCUT2D eigenvalue weighted by Crippen LogP contribution is -2.50. The van der Waals surface area contributed by atoms with E-state index in [9.17, 15) is 14.7 Å². The quantitative estimate of drug-likeness (QED) is 0.895. The number of anilines is 1. The summed E-state index contributed by atoms with van der Waals surface area (Å²) in [6, 6.07) is 4.14. The van der Waals surface area contributed by atoms with Crippen molar-refractivity contribution in [1.82, 2.24) is 0 Å². The van der Waals surface area contributed by atoms with E-state index in [0.29, 0.717) is 17.3 Å². The molecule has 5 nitrogen and oxygen atoms in total. The molecular weight excluding hydrogens is 280 g/mol. The first-order valence-corrected chi connectivity index (χ1v) is 6.88. The molecule has 0 bridgehead atoms. The van der Waals surface area contributed by atoms with Crippen LogP contribution >= 0.6 is 11.6 Å². The topological polar surface area (TPSA) is 83.6 Å². The fraction of sp³-hybridized carbons (Fsp3) is 0.429. The second-order valence-corrected chi connectivity index (χ2v) is 5.56. The zero-order valence-corrected chi connectivity index (χ0v) is 11.9. The number of amides is 1. The van der Waals surface area contributed by atoms with Crippen LogP contribution in [0.4, 0.5) is 5.69 Å². The monoisotopic (exact) mass is 296 g/mol. The number of primary amides is 1. The third-order valence-electron chi connectivity index (χ3n) is 3.72. The van der Waals surface area contributed by atoms with E-state index in [2.05, 4.69) is 0 Å². The van der Waals surface area contributed by atoms with Gasteiger partial charge in [-0.05, 0) is 37.0 Å². The van der Waals surface area contributed by atoms with Crippen molar-refractivity contribution in [3.8, 4) is 0 Å². The lowest BCUT2D eigenvalue weighted by atomic mass is 9.89. The molecule has 0 spiro atoms. The van der Waals surface area contributed by atoms with Gasteiger partial charge in [0.05, 0.1) is 11.3 Å². The lowest BCUT2D eigenvalue weighted by molar-refractivity contribution is -0.140. The average Bonchev–Trinajstić information content (AvgIpc) is 2.37. The Morgan fingerprint density at radius 3 is 2.75 bits per heavy atom. The minimum absolute atomic E-state index is 0.0117. The van der Waals surface area contributed by atoms with Gasteiger partial charge < -0.3 is 15.7 Å². The standard InChI is InChI=1S/C14H17ClN2O3/c1-8-3-2-6-17(12(8)14(19)20)11-5-4-9(15)7-10(11)13(16)18/h4-5,7-8,12H,2-3,6H2,1H3,(H2,16,18)(H,19,20). The second kappa shape index (κ2) is 5.71. The number of rotatable bonds is 3. The molecular formula is C14H17ClN2O3. The van der Waals surface area contributed by atoms with Crippen LogP contribution in [0.5, 0.6) is 0 Å². The summed E-state index contributed by atoms with van der Waals surface area (Å²) < 4.78 is 0. The Kier molecular flexibility index (Phi) is 4.18. The van der Waals surface area contributed by atoms with Crippen LogP contribution in [-0.4, -0.2) is 29.6 Å². The van der Waals surface area contributed by atoms with Gasteiger partial charge in [0.25, 0.3) is 5.91 Å². The highest BCUT2D eigenvalue weighted by atomic mass is 35.5. The molecule has 108 valence electrons.